The first-order valence-electron chi connectivity index (χ1n) is 15.8. The fraction of sp³-hybridized carbons (Fsp3) is 1.00. The quantitative estimate of drug-likeness (QED) is 0.104. The van der Waals surface area contributed by atoms with Crippen LogP contribution >= 0.6 is 62.2 Å². The third-order valence-electron chi connectivity index (χ3n) is 8.77. The molecule has 0 aliphatic carbocycles. The molecule has 0 saturated carbocycles. The van der Waals surface area contributed by atoms with Gasteiger partial charge in [0, 0.05) is 35.2 Å². The Balaban J connectivity index is 2.69. The monoisotopic (exact) mass is 770 g/mol. The Hall–Kier alpha value is 2.05. The Morgan fingerprint density at radius 1 is 0.614 bits per heavy atom. The second kappa shape index (κ2) is 15.9. The zero-order chi connectivity index (χ0) is 33.9. The minimum atomic E-state index is -3.92. The van der Waals surface area contributed by atoms with Crippen molar-refractivity contribution in [3.8, 4) is 0 Å². The average molecular weight is 771 g/mol. The van der Waals surface area contributed by atoms with E-state index in [-0.39, 0.29) is 47.0 Å². The van der Waals surface area contributed by atoms with Crippen LogP contribution in [-0.2, 0) is 36.1 Å². The van der Waals surface area contributed by atoms with Crippen LogP contribution < -0.4 is 0 Å². The average Bonchev–Trinajstić information content (AvgIpc) is 3.53. The van der Waals surface area contributed by atoms with Crippen LogP contribution in [0.15, 0.2) is 0 Å². The molecule has 16 heteroatoms. The van der Waals surface area contributed by atoms with Crippen molar-refractivity contribution in [3.05, 3.63) is 0 Å². The van der Waals surface area contributed by atoms with Gasteiger partial charge >= 0.3 is 15.2 Å². The fourth-order valence-electron chi connectivity index (χ4n) is 4.26. The van der Waals surface area contributed by atoms with Gasteiger partial charge in [-0.3, -0.25) is 9.13 Å². The first-order valence-corrected chi connectivity index (χ1v) is 28.4. The Morgan fingerprint density at radius 3 is 1.11 bits per heavy atom. The van der Waals surface area contributed by atoms with E-state index in [1.54, 1.807) is 23.5 Å². The van der Waals surface area contributed by atoms with E-state index >= 15 is 9.13 Å². The van der Waals surface area contributed by atoms with Crippen LogP contribution in [0.5, 0.6) is 0 Å². The highest BCUT2D eigenvalue weighted by Crippen LogP contribution is 2.90. The second-order valence-electron chi connectivity index (χ2n) is 14.1. The maximum atomic E-state index is 15.2. The molecule has 0 N–H and O–H groups in total. The van der Waals surface area contributed by atoms with Crippen molar-refractivity contribution < 1.29 is 36.1 Å². The first kappa shape index (κ1) is 42.2. The maximum absolute atomic E-state index is 15.2. The van der Waals surface area contributed by atoms with E-state index in [4.69, 9.17) is 26.9 Å². The van der Waals surface area contributed by atoms with Crippen LogP contribution in [0.2, 0.25) is 36.3 Å². The van der Waals surface area contributed by atoms with E-state index in [2.05, 4.69) is 67.7 Å². The highest BCUT2D eigenvalue weighted by Gasteiger charge is 2.78. The molecule has 0 amide bonds. The summed E-state index contributed by atoms with van der Waals surface area (Å²) in [6.07, 6.45) is 0. The molecule has 2 heterocycles. The first-order chi connectivity index (χ1) is 20.1. The molecule has 0 bridgehead atoms. The molecule has 2 saturated heterocycles. The highest BCUT2D eigenvalue weighted by molar-refractivity contribution is 8.36. The summed E-state index contributed by atoms with van der Waals surface area (Å²) in [5, 5.41) is 0.0882. The lowest BCUT2D eigenvalue weighted by atomic mass is 10.2. The minimum Gasteiger partial charge on any atom is -0.416 e. The van der Waals surface area contributed by atoms with Crippen molar-refractivity contribution >= 4 is 78.9 Å². The highest BCUT2D eigenvalue weighted by atomic mass is 32.2. The molecule has 0 radical (unpaired) electrons. The van der Waals surface area contributed by atoms with E-state index < -0.39 is 39.5 Å². The lowest BCUT2D eigenvalue weighted by Gasteiger charge is -2.48. The summed E-state index contributed by atoms with van der Waals surface area (Å²) >= 11 is 6.14. The van der Waals surface area contributed by atoms with Crippen LogP contribution in [0.1, 0.15) is 69.2 Å². The molecule has 0 aromatic carbocycles. The Kier molecular flexibility index (Phi) is 15.3. The molecule has 2 aliphatic heterocycles. The van der Waals surface area contributed by atoms with Crippen molar-refractivity contribution in [1.29, 1.82) is 0 Å². The van der Waals surface area contributed by atoms with Crippen molar-refractivity contribution in [2.24, 2.45) is 0 Å². The van der Waals surface area contributed by atoms with Crippen LogP contribution in [0, 0.1) is 0 Å². The van der Waals surface area contributed by atoms with E-state index in [1.807, 2.05) is 27.7 Å². The van der Waals surface area contributed by atoms with Crippen LogP contribution in [0.4, 0.5) is 0 Å². The molecule has 4 unspecified atom stereocenters. The molecule has 0 aromatic heterocycles. The van der Waals surface area contributed by atoms with Gasteiger partial charge in [0.1, 0.15) is 0 Å². The zero-order valence-electron chi connectivity index (χ0n) is 29.6. The number of hydrogen-bond donors (Lipinski definition) is 0. The molecule has 4 atom stereocenters. The van der Waals surface area contributed by atoms with Crippen molar-refractivity contribution in [3.63, 3.8) is 0 Å². The minimum absolute atomic E-state index is 0.0133. The van der Waals surface area contributed by atoms with E-state index in [0.717, 1.165) is 0 Å². The Bertz CT molecular complexity index is 942. The van der Waals surface area contributed by atoms with Gasteiger partial charge in [-0.1, -0.05) is 41.5 Å². The smallest absolute Gasteiger partial charge is 0.359 e. The standard InChI is InChI=1S/C28H60O8P2S4Si2/c1-15-31-37(29,32-16-2)27(39-21-23(41-27)19-35-43(11,12)25(5,6)7)28(38(30,33-17-3)34-18-4)40-22-24(42-28)20-36-44(13,14)26(8,9)10/h23-24H,15-22H2,1-14H3. The molecule has 262 valence electrons. The molecular weight excluding hydrogens is 711 g/mol. The molecule has 8 nitrogen and oxygen atoms in total. The lowest BCUT2D eigenvalue weighted by molar-refractivity contribution is 0.203. The third kappa shape index (κ3) is 8.67. The van der Waals surface area contributed by atoms with Crippen LogP contribution in [0.3, 0.4) is 0 Å². The predicted octanol–water partition coefficient (Wildman–Crippen LogP) is 10.6. The molecule has 0 spiro atoms. The van der Waals surface area contributed by atoms with E-state index in [9.17, 15) is 0 Å². The maximum Gasteiger partial charge on any atom is 0.359 e. The zero-order valence-corrected chi connectivity index (χ0v) is 36.7. The number of thioether (sulfide) groups is 4. The van der Waals surface area contributed by atoms with Crippen LogP contribution in [0.25, 0.3) is 0 Å². The molecule has 2 fully saturated rings. The van der Waals surface area contributed by atoms with Gasteiger partial charge in [0.15, 0.2) is 24.3 Å². The summed E-state index contributed by atoms with van der Waals surface area (Å²) in [7, 11) is -11.9. The van der Waals surface area contributed by atoms with Gasteiger partial charge in [0.25, 0.3) is 0 Å². The summed E-state index contributed by atoms with van der Waals surface area (Å²) in [5.41, 5.74) is 0. The molecular formula is C28H60O8P2S4Si2. The topological polar surface area (TPSA) is 89.5 Å². The van der Waals surface area contributed by atoms with Crippen molar-refractivity contribution in [1.82, 2.24) is 0 Å². The summed E-state index contributed by atoms with van der Waals surface area (Å²) < 4.78 is 66.0. The van der Waals surface area contributed by atoms with E-state index in [1.165, 1.54) is 23.5 Å². The Morgan fingerprint density at radius 2 is 0.886 bits per heavy atom. The summed E-state index contributed by atoms with van der Waals surface area (Å²) in [5.74, 6) is 1.30. The van der Waals surface area contributed by atoms with Crippen molar-refractivity contribution in [2.45, 2.75) is 124 Å². The molecule has 44 heavy (non-hydrogen) atoms. The van der Waals surface area contributed by atoms with Gasteiger partial charge in [-0.25, -0.2) is 0 Å². The van der Waals surface area contributed by atoms with Crippen LogP contribution in [-0.4, -0.2) is 85.9 Å². The van der Waals surface area contributed by atoms with E-state index in [0.29, 0.717) is 24.7 Å². The number of rotatable bonds is 17. The predicted molar refractivity (Wildman–Crippen MR) is 201 cm³/mol. The largest absolute Gasteiger partial charge is 0.416 e. The molecule has 0 aromatic rings. The summed E-state index contributed by atoms with van der Waals surface area (Å²) in [4.78, 5) is 0. The number of hydrogen-bond acceptors (Lipinski definition) is 12. The SMILES string of the molecule is CCOP(=O)(OCC)C1(C2(P(=O)(OCC)OCC)SCC(CO[Si](C)(C)C(C)(C)C)S2)SCC(CO[Si](C)(C)C(C)(C)C)S1. The second-order valence-corrected chi connectivity index (χ2v) is 35.3. The van der Waals surface area contributed by atoms with Gasteiger partial charge in [-0.2, -0.15) is 0 Å². The lowest BCUT2D eigenvalue weighted by Crippen LogP contribution is -2.45. The van der Waals surface area contributed by atoms with Gasteiger partial charge in [0.2, 0.25) is 0 Å². The Labute approximate surface area is 288 Å². The summed E-state index contributed by atoms with van der Waals surface area (Å²) in [6, 6.07) is 0. The fourth-order valence-corrected chi connectivity index (χ4v) is 24.0. The van der Waals surface area contributed by atoms with Gasteiger partial charge < -0.3 is 26.9 Å². The normalized spacial score (nSPS) is 27.8. The third-order valence-corrected chi connectivity index (χ3v) is 34.4. The van der Waals surface area contributed by atoms with Crippen molar-refractivity contribution in [2.75, 3.05) is 51.1 Å². The van der Waals surface area contributed by atoms with Gasteiger partial charge in [-0.15, -0.1) is 47.0 Å². The van der Waals surface area contributed by atoms with Gasteiger partial charge in [0.05, 0.1) is 26.4 Å². The van der Waals surface area contributed by atoms with Gasteiger partial charge in [-0.05, 0) is 64.0 Å². The molecule has 2 aliphatic rings. The summed E-state index contributed by atoms with van der Waals surface area (Å²) in [6.45, 7) is 31.4. The molecule has 2 rings (SSSR count).